The van der Waals surface area contributed by atoms with E-state index in [9.17, 15) is 14.7 Å². The minimum atomic E-state index is -0.420. The summed E-state index contributed by atoms with van der Waals surface area (Å²) in [6.45, 7) is 5.71. The summed E-state index contributed by atoms with van der Waals surface area (Å²) in [4.78, 5) is 32.2. The summed E-state index contributed by atoms with van der Waals surface area (Å²) in [6.07, 6.45) is 0.780. The van der Waals surface area contributed by atoms with Crippen molar-refractivity contribution in [3.8, 4) is 0 Å². The lowest BCUT2D eigenvalue weighted by Gasteiger charge is -2.18. The zero-order valence-corrected chi connectivity index (χ0v) is 12.6. The summed E-state index contributed by atoms with van der Waals surface area (Å²) in [7, 11) is 1.70. The number of hydrogen-bond donors (Lipinski definition) is 2. The van der Waals surface area contributed by atoms with E-state index in [0.717, 1.165) is 0 Å². The Morgan fingerprint density at radius 3 is 2.65 bits per heavy atom. The summed E-state index contributed by atoms with van der Waals surface area (Å²) in [5, 5.41) is 9.20. The van der Waals surface area contributed by atoms with Crippen molar-refractivity contribution < 1.29 is 9.90 Å². The number of hydrogen-bond acceptors (Lipinski definition) is 4. The molecule has 0 saturated heterocycles. The fraction of sp³-hybridized carbons (Fsp3) is 0.643. The van der Waals surface area contributed by atoms with Gasteiger partial charge in [-0.3, -0.25) is 9.59 Å². The normalized spacial score (nSPS) is 12.2. The second kappa shape index (κ2) is 7.19. The van der Waals surface area contributed by atoms with E-state index in [2.05, 4.69) is 9.97 Å². The molecule has 0 radical (unpaired) electrons. The van der Waals surface area contributed by atoms with Gasteiger partial charge in [-0.25, -0.2) is 4.98 Å². The molecule has 1 heterocycles. The van der Waals surface area contributed by atoms with Gasteiger partial charge in [-0.2, -0.15) is 0 Å². The number of carbonyl (C=O) groups is 1. The SMILES string of the molecule is Cc1nc(C)c(CCC(=O)N(C)CCC(C)O)c(=O)[nH]1. The van der Waals surface area contributed by atoms with E-state index >= 15 is 0 Å². The predicted molar refractivity (Wildman–Crippen MR) is 76.6 cm³/mol. The Balaban J connectivity index is 2.59. The highest BCUT2D eigenvalue weighted by molar-refractivity contribution is 5.76. The summed E-state index contributed by atoms with van der Waals surface area (Å²) in [5.41, 5.74) is 1.06. The molecule has 112 valence electrons. The lowest BCUT2D eigenvalue weighted by atomic mass is 10.1. The van der Waals surface area contributed by atoms with Crippen LogP contribution in [0.2, 0.25) is 0 Å². The second-order valence-corrected chi connectivity index (χ2v) is 5.17. The average Bonchev–Trinajstić information content (AvgIpc) is 2.34. The Kier molecular flexibility index (Phi) is 5.88. The number of amides is 1. The number of nitrogens with one attached hydrogen (secondary N) is 1. The number of carbonyl (C=O) groups excluding carboxylic acids is 1. The highest BCUT2D eigenvalue weighted by Crippen LogP contribution is 2.05. The van der Waals surface area contributed by atoms with Crippen LogP contribution in [0, 0.1) is 13.8 Å². The first-order chi connectivity index (χ1) is 9.31. The van der Waals surface area contributed by atoms with Crippen molar-refractivity contribution in [3.63, 3.8) is 0 Å². The molecule has 1 amide bonds. The Bertz CT molecular complexity index is 523. The minimum Gasteiger partial charge on any atom is -0.393 e. The molecule has 0 spiro atoms. The van der Waals surface area contributed by atoms with Gasteiger partial charge in [0, 0.05) is 31.3 Å². The summed E-state index contributed by atoms with van der Waals surface area (Å²) >= 11 is 0. The van der Waals surface area contributed by atoms with Crippen molar-refractivity contribution in [2.24, 2.45) is 0 Å². The van der Waals surface area contributed by atoms with Crippen molar-refractivity contribution in [1.29, 1.82) is 0 Å². The number of nitrogens with zero attached hydrogens (tertiary/aromatic N) is 2. The van der Waals surface area contributed by atoms with Crippen molar-refractivity contribution >= 4 is 5.91 Å². The highest BCUT2D eigenvalue weighted by Gasteiger charge is 2.13. The van der Waals surface area contributed by atoms with Gasteiger partial charge in [0.2, 0.25) is 5.91 Å². The zero-order chi connectivity index (χ0) is 15.3. The van der Waals surface area contributed by atoms with Gasteiger partial charge in [-0.05, 0) is 33.6 Å². The van der Waals surface area contributed by atoms with E-state index in [0.29, 0.717) is 36.5 Å². The summed E-state index contributed by atoms with van der Waals surface area (Å²) in [6, 6.07) is 0. The Morgan fingerprint density at radius 1 is 1.45 bits per heavy atom. The molecule has 1 atom stereocenters. The molecule has 0 aliphatic rings. The maximum absolute atomic E-state index is 11.9. The van der Waals surface area contributed by atoms with Crippen LogP contribution in [0.15, 0.2) is 4.79 Å². The maximum atomic E-state index is 11.9. The fourth-order valence-corrected chi connectivity index (χ4v) is 1.97. The largest absolute Gasteiger partial charge is 0.393 e. The van der Waals surface area contributed by atoms with Gasteiger partial charge in [-0.15, -0.1) is 0 Å². The number of aliphatic hydroxyl groups is 1. The van der Waals surface area contributed by atoms with E-state index < -0.39 is 6.10 Å². The monoisotopic (exact) mass is 281 g/mol. The molecule has 1 aromatic heterocycles. The Labute approximate surface area is 118 Å². The standard InChI is InChI=1S/C14H23N3O3/c1-9(18)7-8-17(4)13(19)6-5-12-10(2)15-11(3)16-14(12)20/h9,18H,5-8H2,1-4H3,(H,15,16,20). The number of aromatic nitrogens is 2. The van der Waals surface area contributed by atoms with Crippen LogP contribution in [0.3, 0.4) is 0 Å². The average molecular weight is 281 g/mol. The lowest BCUT2D eigenvalue weighted by molar-refractivity contribution is -0.130. The van der Waals surface area contributed by atoms with E-state index in [1.54, 1.807) is 32.7 Å². The van der Waals surface area contributed by atoms with E-state index in [-0.39, 0.29) is 17.9 Å². The lowest BCUT2D eigenvalue weighted by Crippen LogP contribution is -2.30. The molecule has 0 fully saturated rings. The first kappa shape index (κ1) is 16.4. The highest BCUT2D eigenvalue weighted by atomic mass is 16.3. The van der Waals surface area contributed by atoms with Crippen LogP contribution >= 0.6 is 0 Å². The second-order valence-electron chi connectivity index (χ2n) is 5.17. The number of aryl methyl sites for hydroxylation is 2. The van der Waals surface area contributed by atoms with Crippen LogP contribution in [0.25, 0.3) is 0 Å². The van der Waals surface area contributed by atoms with Crippen molar-refractivity contribution in [2.75, 3.05) is 13.6 Å². The maximum Gasteiger partial charge on any atom is 0.254 e. The molecule has 1 unspecified atom stereocenters. The number of rotatable bonds is 6. The van der Waals surface area contributed by atoms with E-state index in [1.807, 2.05) is 0 Å². The zero-order valence-electron chi connectivity index (χ0n) is 12.6. The summed E-state index contributed by atoms with van der Waals surface area (Å²) in [5.74, 6) is 0.543. The van der Waals surface area contributed by atoms with Crippen LogP contribution in [0.1, 0.15) is 36.8 Å². The smallest absolute Gasteiger partial charge is 0.254 e. The molecule has 1 rings (SSSR count). The molecule has 0 aromatic carbocycles. The van der Waals surface area contributed by atoms with E-state index in [1.165, 1.54) is 0 Å². The van der Waals surface area contributed by atoms with Crippen LogP contribution < -0.4 is 5.56 Å². The van der Waals surface area contributed by atoms with Crippen LogP contribution in [-0.2, 0) is 11.2 Å². The number of aliphatic hydroxyl groups excluding tert-OH is 1. The third-order valence-corrected chi connectivity index (χ3v) is 3.24. The Hall–Kier alpha value is -1.69. The molecule has 2 N–H and O–H groups in total. The summed E-state index contributed by atoms with van der Waals surface area (Å²) < 4.78 is 0. The first-order valence-electron chi connectivity index (χ1n) is 6.79. The molecule has 6 heteroatoms. The third-order valence-electron chi connectivity index (χ3n) is 3.24. The minimum absolute atomic E-state index is 0.0370. The topological polar surface area (TPSA) is 86.3 Å². The van der Waals surface area contributed by atoms with Gasteiger partial charge in [0.1, 0.15) is 5.82 Å². The fourth-order valence-electron chi connectivity index (χ4n) is 1.97. The van der Waals surface area contributed by atoms with Gasteiger partial charge < -0.3 is 15.0 Å². The van der Waals surface area contributed by atoms with Gasteiger partial charge in [0.25, 0.3) is 5.56 Å². The van der Waals surface area contributed by atoms with Gasteiger partial charge >= 0.3 is 0 Å². The van der Waals surface area contributed by atoms with Crippen molar-refractivity contribution in [3.05, 3.63) is 27.4 Å². The Morgan fingerprint density at radius 2 is 2.10 bits per heavy atom. The molecule has 0 saturated carbocycles. The molecular weight excluding hydrogens is 258 g/mol. The third kappa shape index (κ3) is 4.77. The first-order valence-corrected chi connectivity index (χ1v) is 6.79. The van der Waals surface area contributed by atoms with Gasteiger partial charge in [0.05, 0.1) is 6.10 Å². The van der Waals surface area contributed by atoms with Crippen LogP contribution in [0.4, 0.5) is 0 Å². The van der Waals surface area contributed by atoms with Crippen LogP contribution in [-0.4, -0.2) is 45.6 Å². The van der Waals surface area contributed by atoms with Crippen LogP contribution in [0.5, 0.6) is 0 Å². The quantitative estimate of drug-likeness (QED) is 0.797. The molecule has 0 bridgehead atoms. The van der Waals surface area contributed by atoms with Gasteiger partial charge in [0.15, 0.2) is 0 Å². The van der Waals surface area contributed by atoms with Crippen molar-refractivity contribution in [1.82, 2.24) is 14.9 Å². The van der Waals surface area contributed by atoms with Crippen molar-refractivity contribution in [2.45, 2.75) is 46.1 Å². The molecular formula is C14H23N3O3. The number of aromatic amines is 1. The molecule has 1 aromatic rings. The predicted octanol–water partition coefficient (Wildman–Crippen LogP) is 0.549. The van der Waals surface area contributed by atoms with E-state index in [4.69, 9.17) is 0 Å². The molecule has 20 heavy (non-hydrogen) atoms. The number of H-pyrrole nitrogens is 1. The molecule has 0 aliphatic heterocycles. The van der Waals surface area contributed by atoms with Gasteiger partial charge in [-0.1, -0.05) is 0 Å². The molecule has 6 nitrogen and oxygen atoms in total. The molecule has 0 aliphatic carbocycles.